The highest BCUT2D eigenvalue weighted by Gasteiger charge is 2.26. The number of aryl methyl sites for hydroxylation is 1. The normalized spacial score (nSPS) is 11.3. The van der Waals surface area contributed by atoms with Gasteiger partial charge in [0, 0.05) is 29.7 Å². The van der Waals surface area contributed by atoms with Gasteiger partial charge in [-0.2, -0.15) is 4.31 Å². The summed E-state index contributed by atoms with van der Waals surface area (Å²) >= 11 is 5.92. The third-order valence-electron chi connectivity index (χ3n) is 5.07. The van der Waals surface area contributed by atoms with Crippen molar-refractivity contribution in [3.63, 3.8) is 0 Å². The lowest BCUT2D eigenvalue weighted by Gasteiger charge is -2.19. The Morgan fingerprint density at radius 2 is 1.66 bits per heavy atom. The Morgan fingerprint density at radius 1 is 1.06 bits per heavy atom. The molecule has 0 aliphatic rings. The number of methoxy groups -OCH3 is 1. The minimum atomic E-state index is -3.84. The van der Waals surface area contributed by atoms with E-state index in [1.807, 2.05) is 24.6 Å². The highest BCUT2D eigenvalue weighted by molar-refractivity contribution is 7.92. The van der Waals surface area contributed by atoms with Gasteiger partial charge in [0.1, 0.15) is 0 Å². The molecule has 2 aromatic carbocycles. The van der Waals surface area contributed by atoms with Gasteiger partial charge in [-0.15, -0.1) is 0 Å². The molecule has 0 saturated carbocycles. The number of rotatable bonds is 6. The van der Waals surface area contributed by atoms with E-state index in [9.17, 15) is 18.0 Å². The number of benzene rings is 2. The average molecular weight is 475 g/mol. The van der Waals surface area contributed by atoms with E-state index in [-0.39, 0.29) is 11.5 Å². The molecule has 0 N–H and O–H groups in total. The molecular weight excluding hydrogens is 452 g/mol. The number of carbonyl (C=O) groups is 2. The molecule has 0 fully saturated rings. The highest BCUT2D eigenvalue weighted by Crippen LogP contribution is 2.24. The van der Waals surface area contributed by atoms with E-state index in [0.29, 0.717) is 27.0 Å². The summed E-state index contributed by atoms with van der Waals surface area (Å²) in [6, 6.07) is 15.3. The number of hydrogen-bond donors (Lipinski definition) is 0. The minimum absolute atomic E-state index is 0.0925. The van der Waals surface area contributed by atoms with Crippen molar-refractivity contribution < 1.29 is 22.7 Å². The summed E-state index contributed by atoms with van der Waals surface area (Å²) in [6.45, 7) is 1.89. The zero-order valence-corrected chi connectivity index (χ0v) is 19.7. The van der Waals surface area contributed by atoms with Gasteiger partial charge in [-0.05, 0) is 60.5 Å². The molecule has 0 radical (unpaired) electrons. The van der Waals surface area contributed by atoms with Gasteiger partial charge in [0.15, 0.2) is 0 Å². The Morgan fingerprint density at radius 3 is 2.19 bits per heavy atom. The monoisotopic (exact) mass is 474 g/mol. The number of aromatic nitrogens is 1. The topological polar surface area (TPSA) is 85.7 Å². The first kappa shape index (κ1) is 23.6. The molecule has 32 heavy (non-hydrogen) atoms. The van der Waals surface area contributed by atoms with Crippen LogP contribution >= 0.6 is 11.6 Å². The van der Waals surface area contributed by atoms with Gasteiger partial charge in [-0.1, -0.05) is 23.7 Å². The molecule has 0 aliphatic carbocycles. The van der Waals surface area contributed by atoms with Crippen molar-refractivity contribution in [1.29, 1.82) is 0 Å². The van der Waals surface area contributed by atoms with Crippen molar-refractivity contribution in [2.45, 2.75) is 13.3 Å². The zero-order chi connectivity index (χ0) is 23.6. The van der Waals surface area contributed by atoms with Gasteiger partial charge in [0.2, 0.25) is 15.8 Å². The van der Waals surface area contributed by atoms with Crippen molar-refractivity contribution >= 4 is 39.2 Å². The molecule has 3 rings (SSSR count). The predicted molar refractivity (Wildman–Crippen MR) is 124 cm³/mol. The summed E-state index contributed by atoms with van der Waals surface area (Å²) in [5.74, 6) is -0.0925. The highest BCUT2D eigenvalue weighted by atomic mass is 35.5. The van der Waals surface area contributed by atoms with E-state index in [2.05, 4.69) is 4.74 Å². The van der Waals surface area contributed by atoms with Crippen molar-refractivity contribution in [2.75, 3.05) is 17.7 Å². The standard InChI is InChI=1S/C23H23ClN2O5S/c1-15-13-20(25(2)21(15)22(27)17-7-9-18(24)10-8-17)14-16-5-11-19(12-6-16)26(23(28)31-3)32(4,29)30/h5-13H,14H2,1-4H3. The fourth-order valence-corrected chi connectivity index (χ4v) is 4.51. The maximum Gasteiger partial charge on any atom is 0.428 e. The number of halogens is 1. The van der Waals surface area contributed by atoms with Crippen LogP contribution in [0.5, 0.6) is 0 Å². The fraction of sp³-hybridized carbons (Fsp3) is 0.217. The van der Waals surface area contributed by atoms with E-state index < -0.39 is 16.1 Å². The van der Waals surface area contributed by atoms with Gasteiger partial charge in [0.05, 0.1) is 24.7 Å². The Kier molecular flexibility index (Phi) is 6.76. The molecule has 0 aliphatic heterocycles. The summed E-state index contributed by atoms with van der Waals surface area (Å²) in [6.07, 6.45) is 0.468. The van der Waals surface area contributed by atoms with E-state index >= 15 is 0 Å². The van der Waals surface area contributed by atoms with Crippen LogP contribution in [0.3, 0.4) is 0 Å². The van der Waals surface area contributed by atoms with Crippen LogP contribution in [0.15, 0.2) is 54.6 Å². The van der Waals surface area contributed by atoms with E-state index in [1.54, 1.807) is 48.5 Å². The number of hydrogen-bond acceptors (Lipinski definition) is 5. The molecule has 9 heteroatoms. The molecule has 0 saturated heterocycles. The third-order valence-corrected chi connectivity index (χ3v) is 6.35. The quantitative estimate of drug-likeness (QED) is 0.496. The van der Waals surface area contributed by atoms with Gasteiger partial charge in [-0.25, -0.2) is 13.2 Å². The number of amides is 1. The van der Waals surface area contributed by atoms with Crippen LogP contribution in [0.25, 0.3) is 0 Å². The van der Waals surface area contributed by atoms with Crippen molar-refractivity contribution in [1.82, 2.24) is 4.57 Å². The van der Waals surface area contributed by atoms with Crippen molar-refractivity contribution in [3.05, 3.63) is 87.7 Å². The van der Waals surface area contributed by atoms with E-state index in [0.717, 1.165) is 30.2 Å². The smallest absolute Gasteiger partial charge is 0.428 e. The van der Waals surface area contributed by atoms with Crippen LogP contribution < -0.4 is 4.31 Å². The zero-order valence-electron chi connectivity index (χ0n) is 18.1. The van der Waals surface area contributed by atoms with Crippen molar-refractivity contribution in [3.8, 4) is 0 Å². The first-order chi connectivity index (χ1) is 15.0. The predicted octanol–water partition coefficient (Wildman–Crippen LogP) is 4.34. The molecule has 1 heterocycles. The molecule has 0 atom stereocenters. The summed E-state index contributed by atoms with van der Waals surface area (Å²) in [5, 5.41) is 0.566. The molecule has 1 amide bonds. The lowest BCUT2D eigenvalue weighted by atomic mass is 10.1. The number of nitrogens with zero attached hydrogens (tertiary/aromatic N) is 2. The maximum atomic E-state index is 13.0. The molecule has 0 bridgehead atoms. The Balaban J connectivity index is 1.87. The molecule has 1 aromatic heterocycles. The number of ketones is 1. The van der Waals surface area contributed by atoms with Crippen LogP contribution in [0.1, 0.15) is 32.9 Å². The molecule has 168 valence electrons. The molecule has 3 aromatic rings. The van der Waals surface area contributed by atoms with Crippen LogP contribution in [-0.4, -0.2) is 38.2 Å². The Bertz CT molecular complexity index is 1260. The number of anilines is 1. The van der Waals surface area contributed by atoms with Gasteiger partial charge in [0.25, 0.3) is 0 Å². The number of ether oxygens (including phenoxy) is 1. The summed E-state index contributed by atoms with van der Waals surface area (Å²) in [5.41, 5.74) is 3.99. The van der Waals surface area contributed by atoms with Gasteiger partial charge in [-0.3, -0.25) is 4.79 Å². The first-order valence-electron chi connectivity index (χ1n) is 9.65. The van der Waals surface area contributed by atoms with Crippen LogP contribution in [0, 0.1) is 6.92 Å². The van der Waals surface area contributed by atoms with Crippen molar-refractivity contribution in [2.24, 2.45) is 7.05 Å². The molecule has 7 nitrogen and oxygen atoms in total. The van der Waals surface area contributed by atoms with Crippen LogP contribution in [0.4, 0.5) is 10.5 Å². The summed E-state index contributed by atoms with van der Waals surface area (Å²) < 4.78 is 31.0. The lowest BCUT2D eigenvalue weighted by Crippen LogP contribution is -2.36. The third kappa shape index (κ3) is 4.87. The second kappa shape index (κ2) is 9.18. The molecule has 0 spiro atoms. The first-order valence-corrected chi connectivity index (χ1v) is 11.9. The van der Waals surface area contributed by atoms with Gasteiger partial charge >= 0.3 is 6.09 Å². The Hall–Kier alpha value is -3.10. The van der Waals surface area contributed by atoms with Crippen LogP contribution in [-0.2, 0) is 28.2 Å². The average Bonchev–Trinajstić information content (AvgIpc) is 3.01. The lowest BCUT2D eigenvalue weighted by molar-refractivity contribution is 0.103. The largest absolute Gasteiger partial charge is 0.452 e. The summed E-state index contributed by atoms with van der Waals surface area (Å²) in [7, 11) is -0.883. The van der Waals surface area contributed by atoms with E-state index in [4.69, 9.17) is 11.6 Å². The maximum absolute atomic E-state index is 13.0. The number of carbonyl (C=O) groups excluding carboxylic acids is 2. The Labute approximate surface area is 192 Å². The van der Waals surface area contributed by atoms with E-state index in [1.165, 1.54) is 0 Å². The second-order valence-electron chi connectivity index (χ2n) is 7.40. The molecular formula is C23H23ClN2O5S. The summed E-state index contributed by atoms with van der Waals surface area (Å²) in [4.78, 5) is 24.9. The minimum Gasteiger partial charge on any atom is -0.452 e. The SMILES string of the molecule is COC(=O)N(c1ccc(Cc2cc(C)c(C(=O)c3ccc(Cl)cc3)n2C)cc1)S(C)(=O)=O. The molecule has 0 unspecified atom stereocenters. The van der Waals surface area contributed by atoms with Crippen LogP contribution in [0.2, 0.25) is 5.02 Å². The number of sulfonamides is 1. The fourth-order valence-electron chi connectivity index (χ4n) is 3.54. The van der Waals surface area contributed by atoms with Gasteiger partial charge < -0.3 is 9.30 Å². The second-order valence-corrected chi connectivity index (χ2v) is 9.67.